The summed E-state index contributed by atoms with van der Waals surface area (Å²) in [7, 11) is 0. The van der Waals surface area contributed by atoms with Gasteiger partial charge in [-0.15, -0.1) is 11.3 Å². The van der Waals surface area contributed by atoms with Gasteiger partial charge in [-0.25, -0.2) is 4.98 Å². The molecule has 3 aromatic rings. The topological polar surface area (TPSA) is 25.8 Å². The largest absolute Gasteiger partial charge is 0.264 e. The summed E-state index contributed by atoms with van der Waals surface area (Å²) >= 11 is 9.82. The zero-order chi connectivity index (χ0) is 13.2. The minimum Gasteiger partial charge on any atom is -0.264 e. The lowest BCUT2D eigenvalue weighted by Gasteiger charge is -1.99. The van der Waals surface area contributed by atoms with Crippen molar-refractivity contribution in [3.8, 4) is 21.8 Å². The molecule has 1 aromatic carbocycles. The second-order valence-corrected chi connectivity index (χ2v) is 6.36. The first-order valence-corrected chi connectivity index (χ1v) is 7.89. The lowest BCUT2D eigenvalue weighted by atomic mass is 10.2. The van der Waals surface area contributed by atoms with E-state index in [1.807, 2.05) is 36.5 Å². The SMILES string of the molecule is Clc1ccc(-c2csc(-c3cnccc3I)n2)cc1. The molecule has 0 unspecified atom stereocenters. The Morgan fingerprint density at radius 2 is 1.89 bits per heavy atom. The fraction of sp³-hybridized carbons (Fsp3) is 0. The number of hydrogen-bond donors (Lipinski definition) is 0. The van der Waals surface area contributed by atoms with Crippen molar-refractivity contribution in [1.82, 2.24) is 9.97 Å². The Bertz CT molecular complexity index is 709. The molecule has 0 bridgehead atoms. The van der Waals surface area contributed by atoms with Crippen LogP contribution in [0.2, 0.25) is 5.02 Å². The molecule has 0 fully saturated rings. The molecule has 0 saturated heterocycles. The van der Waals surface area contributed by atoms with Crippen LogP contribution < -0.4 is 0 Å². The maximum absolute atomic E-state index is 5.89. The molecular weight excluding hydrogens is 391 g/mol. The highest BCUT2D eigenvalue weighted by Gasteiger charge is 2.09. The van der Waals surface area contributed by atoms with E-state index in [2.05, 4.69) is 37.9 Å². The predicted molar refractivity (Wildman–Crippen MR) is 88.5 cm³/mol. The Labute approximate surface area is 133 Å². The Morgan fingerprint density at radius 3 is 2.63 bits per heavy atom. The van der Waals surface area contributed by atoms with Crippen LogP contribution in [0.15, 0.2) is 48.1 Å². The van der Waals surface area contributed by atoms with Gasteiger partial charge in [0.05, 0.1) is 5.69 Å². The molecule has 19 heavy (non-hydrogen) atoms. The summed E-state index contributed by atoms with van der Waals surface area (Å²) in [5.41, 5.74) is 3.12. The highest BCUT2D eigenvalue weighted by atomic mass is 127. The van der Waals surface area contributed by atoms with Crippen molar-refractivity contribution < 1.29 is 0 Å². The van der Waals surface area contributed by atoms with Crippen LogP contribution in [0.5, 0.6) is 0 Å². The third kappa shape index (κ3) is 2.80. The van der Waals surface area contributed by atoms with Crippen LogP contribution in [-0.2, 0) is 0 Å². The third-order valence-corrected chi connectivity index (χ3v) is 4.71. The van der Waals surface area contributed by atoms with E-state index in [0.717, 1.165) is 30.4 Å². The van der Waals surface area contributed by atoms with Crippen molar-refractivity contribution in [2.24, 2.45) is 0 Å². The lowest BCUT2D eigenvalue weighted by molar-refractivity contribution is 1.30. The summed E-state index contributed by atoms with van der Waals surface area (Å²) in [6.07, 6.45) is 3.64. The highest BCUT2D eigenvalue weighted by molar-refractivity contribution is 14.1. The molecule has 0 aliphatic carbocycles. The molecule has 0 radical (unpaired) electrons. The van der Waals surface area contributed by atoms with E-state index in [0.29, 0.717) is 0 Å². The molecule has 2 nitrogen and oxygen atoms in total. The smallest absolute Gasteiger partial charge is 0.126 e. The van der Waals surface area contributed by atoms with Gasteiger partial charge >= 0.3 is 0 Å². The summed E-state index contributed by atoms with van der Waals surface area (Å²) in [4.78, 5) is 8.83. The molecule has 0 N–H and O–H groups in total. The Hall–Kier alpha value is -0.980. The van der Waals surface area contributed by atoms with Gasteiger partial charge in [-0.05, 0) is 40.8 Å². The van der Waals surface area contributed by atoms with Crippen LogP contribution in [-0.4, -0.2) is 9.97 Å². The first-order chi connectivity index (χ1) is 9.24. The van der Waals surface area contributed by atoms with Crippen molar-refractivity contribution in [1.29, 1.82) is 0 Å². The van der Waals surface area contributed by atoms with E-state index in [-0.39, 0.29) is 0 Å². The van der Waals surface area contributed by atoms with Crippen molar-refractivity contribution in [3.63, 3.8) is 0 Å². The summed E-state index contributed by atoms with van der Waals surface area (Å²) in [5.74, 6) is 0. The number of benzene rings is 1. The van der Waals surface area contributed by atoms with Gasteiger partial charge in [-0.3, -0.25) is 4.98 Å². The third-order valence-electron chi connectivity index (χ3n) is 2.64. The average molecular weight is 399 g/mol. The lowest BCUT2D eigenvalue weighted by Crippen LogP contribution is -1.84. The number of hydrogen-bond acceptors (Lipinski definition) is 3. The van der Waals surface area contributed by atoms with E-state index in [9.17, 15) is 0 Å². The van der Waals surface area contributed by atoms with Crippen molar-refractivity contribution >= 4 is 45.5 Å². The van der Waals surface area contributed by atoms with Crippen molar-refractivity contribution in [2.75, 3.05) is 0 Å². The molecule has 0 amide bonds. The molecule has 5 heteroatoms. The van der Waals surface area contributed by atoms with Crippen LogP contribution in [0.25, 0.3) is 21.8 Å². The Kier molecular flexibility index (Phi) is 3.81. The molecule has 94 valence electrons. The minimum atomic E-state index is 0.737. The first kappa shape index (κ1) is 13.0. The fourth-order valence-corrected chi connectivity index (χ4v) is 3.40. The number of rotatable bonds is 2. The maximum Gasteiger partial charge on any atom is 0.126 e. The molecule has 0 atom stereocenters. The summed E-state index contributed by atoms with van der Waals surface area (Å²) in [6.45, 7) is 0. The van der Waals surface area contributed by atoms with Gasteiger partial charge < -0.3 is 0 Å². The number of pyridine rings is 1. The Balaban J connectivity index is 2.00. The number of halogens is 2. The second kappa shape index (κ2) is 5.56. The number of thiazole rings is 1. The zero-order valence-electron chi connectivity index (χ0n) is 9.68. The zero-order valence-corrected chi connectivity index (χ0v) is 13.4. The van der Waals surface area contributed by atoms with E-state index < -0.39 is 0 Å². The second-order valence-electron chi connectivity index (χ2n) is 3.90. The van der Waals surface area contributed by atoms with E-state index in [1.165, 1.54) is 0 Å². The van der Waals surface area contributed by atoms with Crippen LogP contribution in [0, 0.1) is 3.57 Å². The van der Waals surface area contributed by atoms with Gasteiger partial charge in [-0.1, -0.05) is 23.7 Å². The molecule has 0 aliphatic rings. The van der Waals surface area contributed by atoms with E-state index in [1.54, 1.807) is 17.5 Å². The average Bonchev–Trinajstić information content (AvgIpc) is 2.89. The van der Waals surface area contributed by atoms with Crippen LogP contribution in [0.1, 0.15) is 0 Å². The summed E-state index contributed by atoms with van der Waals surface area (Å²) in [6, 6.07) is 9.71. The van der Waals surface area contributed by atoms with Gasteiger partial charge in [0.25, 0.3) is 0 Å². The van der Waals surface area contributed by atoms with E-state index >= 15 is 0 Å². The van der Waals surface area contributed by atoms with Gasteiger partial charge in [0.1, 0.15) is 5.01 Å². The maximum atomic E-state index is 5.89. The van der Waals surface area contributed by atoms with E-state index in [4.69, 9.17) is 11.6 Å². The summed E-state index contributed by atoms with van der Waals surface area (Å²) in [5, 5.41) is 3.78. The minimum absolute atomic E-state index is 0.737. The Morgan fingerprint density at radius 1 is 1.11 bits per heavy atom. The van der Waals surface area contributed by atoms with Crippen molar-refractivity contribution in [3.05, 3.63) is 56.7 Å². The van der Waals surface area contributed by atoms with Gasteiger partial charge in [-0.2, -0.15) is 0 Å². The van der Waals surface area contributed by atoms with Crippen LogP contribution in [0.4, 0.5) is 0 Å². The van der Waals surface area contributed by atoms with Gasteiger partial charge in [0, 0.05) is 37.5 Å². The highest BCUT2D eigenvalue weighted by Crippen LogP contribution is 2.31. The van der Waals surface area contributed by atoms with Gasteiger partial charge in [0.15, 0.2) is 0 Å². The van der Waals surface area contributed by atoms with Crippen LogP contribution in [0.3, 0.4) is 0 Å². The first-order valence-electron chi connectivity index (χ1n) is 5.55. The summed E-state index contributed by atoms with van der Waals surface area (Å²) < 4.78 is 1.16. The molecule has 0 saturated carbocycles. The molecule has 2 heterocycles. The standard InChI is InChI=1S/C14H8ClIN2S/c15-10-3-1-9(2-4-10)13-8-19-14(18-13)11-7-17-6-5-12(11)16/h1-8H. The monoisotopic (exact) mass is 398 g/mol. The number of aromatic nitrogens is 2. The fourth-order valence-electron chi connectivity index (χ4n) is 1.69. The quantitative estimate of drug-likeness (QED) is 0.559. The molecule has 2 aromatic heterocycles. The molecule has 0 aliphatic heterocycles. The molecule has 3 rings (SSSR count). The molecular formula is C14H8ClIN2S. The number of nitrogens with zero attached hydrogens (tertiary/aromatic N) is 2. The predicted octanol–water partition coefficient (Wildman–Crippen LogP) is 5.13. The van der Waals surface area contributed by atoms with Gasteiger partial charge in [0.2, 0.25) is 0 Å². The molecule has 0 spiro atoms. The van der Waals surface area contributed by atoms with Crippen molar-refractivity contribution in [2.45, 2.75) is 0 Å². The normalized spacial score (nSPS) is 10.6. The van der Waals surface area contributed by atoms with Crippen LogP contribution >= 0.6 is 45.5 Å².